The zero-order chi connectivity index (χ0) is 24.2. The Kier molecular flexibility index (Phi) is 7.60. The van der Waals surface area contributed by atoms with Crippen LogP contribution in [0.3, 0.4) is 0 Å². The number of nitriles is 1. The number of carbonyl (C=O) groups excluding carboxylic acids is 1. The van der Waals surface area contributed by atoms with Crippen molar-refractivity contribution in [2.75, 3.05) is 5.32 Å². The predicted octanol–water partition coefficient (Wildman–Crippen LogP) is 4.86. The molecule has 0 aliphatic carbocycles. The Morgan fingerprint density at radius 1 is 1.21 bits per heavy atom. The second-order valence-corrected chi connectivity index (χ2v) is 11.2. The Hall–Kier alpha value is -3.11. The van der Waals surface area contributed by atoms with Gasteiger partial charge in [-0.25, -0.2) is 27.3 Å². The highest BCUT2D eigenvalue weighted by molar-refractivity contribution is 14.1. The van der Waals surface area contributed by atoms with Crippen molar-refractivity contribution in [2.45, 2.75) is 23.0 Å². The summed E-state index contributed by atoms with van der Waals surface area (Å²) in [5.74, 6) is -0.733. The van der Waals surface area contributed by atoms with Gasteiger partial charge in [0.25, 0.3) is 10.0 Å². The first kappa shape index (κ1) is 24.5. The number of hydrogen-bond donors (Lipinski definition) is 2. The number of sulfonamides is 1. The van der Waals surface area contributed by atoms with Gasteiger partial charge >= 0.3 is 6.03 Å². The van der Waals surface area contributed by atoms with Crippen molar-refractivity contribution in [1.29, 1.82) is 5.26 Å². The maximum absolute atomic E-state index is 14.4. The molecule has 11 heteroatoms. The number of nitrogens with one attached hydrogen (secondary N) is 2. The number of alkyl halides is 1. The lowest BCUT2D eigenvalue weighted by Gasteiger charge is -2.20. The molecule has 2 amide bonds. The van der Waals surface area contributed by atoms with Crippen LogP contribution >= 0.6 is 22.6 Å². The minimum atomic E-state index is -4.10. The molecule has 8 nitrogen and oxygen atoms in total. The number of amides is 2. The fourth-order valence-electron chi connectivity index (χ4n) is 3.12. The Morgan fingerprint density at radius 3 is 2.61 bits per heavy atom. The highest BCUT2D eigenvalue weighted by atomic mass is 127. The molecule has 2 aromatic heterocycles. The van der Waals surface area contributed by atoms with Crippen LogP contribution < -0.4 is 10.0 Å². The van der Waals surface area contributed by atoms with E-state index in [1.54, 1.807) is 40.8 Å². The molecule has 2 heterocycles. The number of halogens is 2. The van der Waals surface area contributed by atoms with E-state index in [1.807, 2.05) is 24.6 Å². The summed E-state index contributed by atoms with van der Waals surface area (Å²) in [4.78, 5) is 20.6. The summed E-state index contributed by atoms with van der Waals surface area (Å²) in [7, 11) is -4.10. The summed E-state index contributed by atoms with van der Waals surface area (Å²) in [6, 6.07) is 9.63. The fourth-order valence-corrected chi connectivity index (χ4v) is 4.78. The number of nitrogens with zero attached hydrogens (tertiary/aromatic N) is 3. The van der Waals surface area contributed by atoms with Crippen LogP contribution in [0.15, 0.2) is 55.0 Å². The summed E-state index contributed by atoms with van der Waals surface area (Å²) in [5, 5.41) is 11.7. The smallest absolute Gasteiger partial charge is 0.306 e. The van der Waals surface area contributed by atoms with Gasteiger partial charge in [-0.05, 0) is 47.4 Å². The van der Waals surface area contributed by atoms with Gasteiger partial charge < -0.3 is 5.32 Å². The molecular weight excluding hydrogens is 560 g/mol. The molecule has 2 N–H and O–H groups in total. The summed E-state index contributed by atoms with van der Waals surface area (Å²) in [5.41, 5.74) is 1.97. The number of benzene rings is 1. The molecule has 0 radical (unpaired) electrons. The van der Waals surface area contributed by atoms with E-state index in [1.165, 1.54) is 36.8 Å². The average Bonchev–Trinajstić information content (AvgIpc) is 2.79. The fraction of sp³-hybridized carbons (Fsp3) is 0.182. The van der Waals surface area contributed by atoms with E-state index in [-0.39, 0.29) is 17.3 Å². The topological polar surface area (TPSA) is 125 Å². The minimum absolute atomic E-state index is 0.116. The first-order chi connectivity index (χ1) is 15.6. The zero-order valence-electron chi connectivity index (χ0n) is 17.6. The van der Waals surface area contributed by atoms with Crippen molar-refractivity contribution in [3.63, 3.8) is 0 Å². The van der Waals surface area contributed by atoms with Crippen LogP contribution in [0, 0.1) is 17.1 Å². The van der Waals surface area contributed by atoms with Crippen molar-refractivity contribution in [1.82, 2.24) is 14.7 Å². The summed E-state index contributed by atoms with van der Waals surface area (Å²) in [6.45, 7) is 3.63. The van der Waals surface area contributed by atoms with Gasteiger partial charge in [-0.2, -0.15) is 5.26 Å². The van der Waals surface area contributed by atoms with E-state index in [2.05, 4.69) is 15.3 Å². The number of hydrogen-bond acceptors (Lipinski definition) is 6. The second-order valence-electron chi connectivity index (χ2n) is 7.32. The molecule has 0 spiro atoms. The van der Waals surface area contributed by atoms with Crippen molar-refractivity contribution in [3.05, 3.63) is 77.6 Å². The maximum atomic E-state index is 14.4. The molecule has 0 bridgehead atoms. The van der Waals surface area contributed by atoms with Crippen LogP contribution in [-0.2, 0) is 10.0 Å². The van der Waals surface area contributed by atoms with Crippen LogP contribution in [0.4, 0.5) is 14.9 Å². The Balaban J connectivity index is 1.98. The lowest BCUT2D eigenvalue weighted by Crippen LogP contribution is -2.36. The van der Waals surface area contributed by atoms with Crippen LogP contribution in [0.1, 0.15) is 39.8 Å². The number of aromatic nitrogens is 2. The largest absolute Gasteiger partial charge is 0.332 e. The molecule has 3 aromatic rings. The third kappa shape index (κ3) is 5.82. The van der Waals surface area contributed by atoms with Crippen molar-refractivity contribution in [3.8, 4) is 17.2 Å². The second kappa shape index (κ2) is 10.2. The van der Waals surface area contributed by atoms with Crippen LogP contribution in [0.25, 0.3) is 11.1 Å². The molecule has 0 saturated heterocycles. The molecule has 0 saturated carbocycles. The molecule has 1 aromatic carbocycles. The molecule has 3 rings (SSSR count). The number of carbonyl (C=O) groups is 1. The maximum Gasteiger partial charge on any atom is 0.332 e. The number of urea groups is 1. The molecule has 1 atom stereocenters. The van der Waals surface area contributed by atoms with E-state index in [0.717, 1.165) is 0 Å². The molecular formula is C22H19FIN5O3S. The number of pyridine rings is 2. The Morgan fingerprint density at radius 2 is 1.97 bits per heavy atom. The Labute approximate surface area is 204 Å². The van der Waals surface area contributed by atoms with Crippen molar-refractivity contribution < 1.29 is 17.6 Å². The van der Waals surface area contributed by atoms with Gasteiger partial charge in [0.2, 0.25) is 0 Å². The van der Waals surface area contributed by atoms with Crippen LogP contribution in [0.5, 0.6) is 0 Å². The van der Waals surface area contributed by atoms with Crippen LogP contribution in [-0.4, -0.2) is 24.4 Å². The minimum Gasteiger partial charge on any atom is -0.306 e. The van der Waals surface area contributed by atoms with Crippen LogP contribution in [0.2, 0.25) is 0 Å². The molecule has 0 fully saturated rings. The highest BCUT2D eigenvalue weighted by Crippen LogP contribution is 2.36. The first-order valence-electron chi connectivity index (χ1n) is 9.69. The monoisotopic (exact) mass is 579 g/mol. The lowest BCUT2D eigenvalue weighted by atomic mass is 9.94. The van der Waals surface area contributed by atoms with Gasteiger partial charge in [0.15, 0.2) is 3.26 Å². The quantitative estimate of drug-likeness (QED) is 0.318. The van der Waals surface area contributed by atoms with Crippen molar-refractivity contribution in [2.24, 2.45) is 0 Å². The summed E-state index contributed by atoms with van der Waals surface area (Å²) >= 11 is 1.70. The third-order valence-corrected chi connectivity index (χ3v) is 8.65. The molecule has 170 valence electrons. The summed E-state index contributed by atoms with van der Waals surface area (Å²) in [6.07, 6.45) is 4.32. The van der Waals surface area contributed by atoms with E-state index in [4.69, 9.17) is 5.26 Å². The SMILES string of the molecule is CC(C)c1cc(F)cc(-c2ccnc(C#N)c2)c1NC(=O)NS(=O)(=O)C(I)c1cccnc1. The highest BCUT2D eigenvalue weighted by Gasteiger charge is 2.27. The third-order valence-electron chi connectivity index (χ3n) is 4.63. The van der Waals surface area contributed by atoms with Gasteiger partial charge in [-0.15, -0.1) is 0 Å². The molecule has 0 aliphatic rings. The van der Waals surface area contributed by atoms with Crippen molar-refractivity contribution >= 4 is 44.3 Å². The Bertz CT molecular complexity index is 1330. The molecule has 0 aliphatic heterocycles. The van der Waals surface area contributed by atoms with E-state index in [0.29, 0.717) is 22.3 Å². The molecule has 1 unspecified atom stereocenters. The standard InChI is InChI=1S/C22H19FIN5O3S/c1-13(2)18-9-16(23)10-19(14-5-7-27-17(8-14)11-25)20(18)28-22(30)29-33(31,32)21(24)15-4-3-6-26-12-15/h3-10,12-13,21H,1-2H3,(H2,28,29,30). The summed E-state index contributed by atoms with van der Waals surface area (Å²) < 4.78 is 40.8. The lowest BCUT2D eigenvalue weighted by molar-refractivity contribution is 0.256. The van der Waals surface area contributed by atoms with E-state index >= 15 is 0 Å². The van der Waals surface area contributed by atoms with Gasteiger partial charge in [-0.1, -0.05) is 42.5 Å². The van der Waals surface area contributed by atoms with Gasteiger partial charge in [0, 0.05) is 29.7 Å². The average molecular weight is 579 g/mol. The normalized spacial score (nSPS) is 12.1. The number of rotatable bonds is 6. The molecule has 33 heavy (non-hydrogen) atoms. The van der Waals surface area contributed by atoms with E-state index in [9.17, 15) is 17.6 Å². The van der Waals surface area contributed by atoms with E-state index < -0.39 is 25.1 Å². The predicted molar refractivity (Wildman–Crippen MR) is 131 cm³/mol. The first-order valence-corrected chi connectivity index (χ1v) is 12.5. The van der Waals surface area contributed by atoms with Gasteiger partial charge in [-0.3, -0.25) is 4.98 Å². The number of anilines is 1. The van der Waals surface area contributed by atoms with Gasteiger partial charge in [0.05, 0.1) is 5.69 Å². The zero-order valence-corrected chi connectivity index (χ0v) is 20.6. The van der Waals surface area contributed by atoms with Gasteiger partial charge in [0.1, 0.15) is 17.6 Å².